The van der Waals surface area contributed by atoms with E-state index in [1.165, 1.54) is 31.2 Å². The molecule has 6 atom stereocenters. The Bertz CT molecular complexity index is 1300. The van der Waals surface area contributed by atoms with Gasteiger partial charge in [0.05, 0.1) is 22.2 Å². The lowest BCUT2D eigenvalue weighted by Crippen LogP contribution is -2.45. The fourth-order valence-corrected chi connectivity index (χ4v) is 7.02. The number of rotatable bonds is 9. The Balaban J connectivity index is 1.72. The molecule has 0 spiro atoms. The van der Waals surface area contributed by atoms with Gasteiger partial charge in [-0.05, 0) is 85.3 Å². The molecule has 0 radical (unpaired) electrons. The predicted octanol–water partition coefficient (Wildman–Crippen LogP) is 6.93. The Labute approximate surface area is 256 Å². The van der Waals surface area contributed by atoms with E-state index in [-0.39, 0.29) is 39.4 Å². The van der Waals surface area contributed by atoms with Gasteiger partial charge < -0.3 is 21.1 Å². The molecule has 1 saturated carbocycles. The molecule has 10 heteroatoms. The largest absolute Gasteiger partial charge is 0.393 e. The van der Waals surface area contributed by atoms with Crippen LogP contribution < -0.4 is 16.0 Å². The third kappa shape index (κ3) is 8.01. The molecule has 6 nitrogen and oxygen atoms in total. The fourth-order valence-electron chi connectivity index (χ4n) is 6.67. The van der Waals surface area contributed by atoms with Crippen molar-refractivity contribution in [3.8, 4) is 0 Å². The summed E-state index contributed by atoms with van der Waals surface area (Å²) in [4.78, 5) is 26.0. The summed E-state index contributed by atoms with van der Waals surface area (Å²) in [5, 5.41) is 19.0. The number of halogens is 4. The zero-order valence-corrected chi connectivity index (χ0v) is 26.1. The number of aliphatic hydroxyl groups is 1. The number of carbonyl (C=O) groups is 2. The lowest BCUT2D eigenvalue weighted by Gasteiger charge is -2.31. The van der Waals surface area contributed by atoms with Gasteiger partial charge in [0.1, 0.15) is 11.6 Å². The Hall–Kier alpha value is -2.26. The van der Waals surface area contributed by atoms with E-state index in [1.54, 1.807) is 6.07 Å². The summed E-state index contributed by atoms with van der Waals surface area (Å²) in [6.07, 6.45) is 4.73. The van der Waals surface area contributed by atoms with Gasteiger partial charge in [0.2, 0.25) is 11.8 Å². The maximum Gasteiger partial charge on any atom is 0.237 e. The van der Waals surface area contributed by atoms with E-state index >= 15 is 4.39 Å². The number of carbonyl (C=O) groups excluding carboxylic acids is 2. The summed E-state index contributed by atoms with van der Waals surface area (Å²) in [6, 6.07) is 6.08. The van der Waals surface area contributed by atoms with E-state index in [4.69, 9.17) is 23.2 Å². The van der Waals surface area contributed by atoms with Crippen molar-refractivity contribution in [2.24, 2.45) is 11.3 Å². The summed E-state index contributed by atoms with van der Waals surface area (Å²) in [7, 11) is 0. The standard InChI is InChI=1S/C32H41Cl2F2N3O3/c1-17(40)38-26-15-23(34)25(36)14-21(26)29-27(16-32(2,3)4)39-30(28(29)19-8-10-24(35)22(33)13-19)31(42)37-11-5-6-18-7-9-20(41)12-18/h8,10,13-15,18,20,27-30,39,41H,5-7,9,11-12,16H2,1-4H3,(H,37,42)(H,38,40)/t18-,20+,27+,28+,29+,30+/m0/s1. The molecule has 1 heterocycles. The van der Waals surface area contributed by atoms with Gasteiger partial charge in [-0.25, -0.2) is 8.78 Å². The quantitative estimate of drug-likeness (QED) is 0.228. The molecule has 42 heavy (non-hydrogen) atoms. The Morgan fingerprint density at radius 3 is 2.38 bits per heavy atom. The summed E-state index contributed by atoms with van der Waals surface area (Å²) >= 11 is 12.4. The third-order valence-corrected chi connectivity index (χ3v) is 8.96. The van der Waals surface area contributed by atoms with Gasteiger partial charge in [-0.15, -0.1) is 0 Å². The van der Waals surface area contributed by atoms with Crippen LogP contribution in [0.5, 0.6) is 0 Å². The summed E-state index contributed by atoms with van der Waals surface area (Å²) < 4.78 is 29.3. The van der Waals surface area contributed by atoms with Crippen LogP contribution in [-0.2, 0) is 9.59 Å². The van der Waals surface area contributed by atoms with Crippen LogP contribution in [0.15, 0.2) is 30.3 Å². The highest BCUT2D eigenvalue weighted by Crippen LogP contribution is 2.49. The van der Waals surface area contributed by atoms with Crippen molar-refractivity contribution in [3.05, 3.63) is 63.1 Å². The molecule has 1 aliphatic heterocycles. The monoisotopic (exact) mass is 623 g/mol. The Morgan fingerprint density at radius 2 is 1.76 bits per heavy atom. The smallest absolute Gasteiger partial charge is 0.237 e. The van der Waals surface area contributed by atoms with Crippen molar-refractivity contribution in [1.82, 2.24) is 10.6 Å². The van der Waals surface area contributed by atoms with Crippen LogP contribution in [0.3, 0.4) is 0 Å². The second kappa shape index (κ2) is 13.6. The number of hydrogen-bond donors (Lipinski definition) is 4. The van der Waals surface area contributed by atoms with Crippen LogP contribution in [0, 0.1) is 23.0 Å². The minimum Gasteiger partial charge on any atom is -0.393 e. The highest BCUT2D eigenvalue weighted by atomic mass is 35.5. The number of benzene rings is 2. The number of anilines is 1. The molecule has 0 aromatic heterocycles. The van der Waals surface area contributed by atoms with Gasteiger partial charge in [-0.2, -0.15) is 0 Å². The summed E-state index contributed by atoms with van der Waals surface area (Å²) in [6.45, 7) is 8.09. The molecule has 2 aliphatic rings. The van der Waals surface area contributed by atoms with Crippen LogP contribution in [0.25, 0.3) is 0 Å². The second-order valence-electron chi connectivity index (χ2n) is 13.0. The molecule has 2 aromatic rings. The lowest BCUT2D eigenvalue weighted by atomic mass is 9.73. The molecule has 1 aliphatic carbocycles. The number of aliphatic hydroxyl groups excluding tert-OH is 1. The SMILES string of the molecule is CC(=O)Nc1cc(Cl)c(F)cc1[C@H]1[C@@H](c2ccc(F)c(Cl)c2)[C@H](C(=O)NCCC[C@H]2CC[C@@H](O)C2)N[C@@H]1CC(C)(C)C. The average molecular weight is 625 g/mol. The van der Waals surface area contributed by atoms with Gasteiger partial charge in [0.25, 0.3) is 0 Å². The van der Waals surface area contributed by atoms with Gasteiger partial charge in [-0.1, -0.05) is 50.0 Å². The van der Waals surface area contributed by atoms with Crippen LogP contribution in [0.2, 0.25) is 10.0 Å². The summed E-state index contributed by atoms with van der Waals surface area (Å²) in [5.74, 6) is -2.38. The lowest BCUT2D eigenvalue weighted by molar-refractivity contribution is -0.123. The highest BCUT2D eigenvalue weighted by Gasteiger charge is 2.49. The minimum absolute atomic E-state index is 0.0761. The van der Waals surface area contributed by atoms with Gasteiger partial charge in [0.15, 0.2) is 0 Å². The normalized spacial score (nSPS) is 25.9. The summed E-state index contributed by atoms with van der Waals surface area (Å²) in [5.41, 5.74) is 1.31. The van der Waals surface area contributed by atoms with Crippen molar-refractivity contribution in [1.29, 1.82) is 0 Å². The maximum atomic E-state index is 15.0. The van der Waals surface area contributed by atoms with E-state index in [9.17, 15) is 19.1 Å². The van der Waals surface area contributed by atoms with Crippen molar-refractivity contribution >= 4 is 40.7 Å². The van der Waals surface area contributed by atoms with Gasteiger partial charge in [-0.3, -0.25) is 9.59 Å². The number of hydrogen-bond acceptors (Lipinski definition) is 4. The molecule has 2 amide bonds. The van der Waals surface area contributed by atoms with Gasteiger partial charge in [0, 0.05) is 37.0 Å². The second-order valence-corrected chi connectivity index (χ2v) is 13.9. The van der Waals surface area contributed by atoms with Crippen LogP contribution in [0.1, 0.15) is 89.2 Å². The first-order valence-electron chi connectivity index (χ1n) is 14.7. The van der Waals surface area contributed by atoms with E-state index in [1.807, 2.05) is 0 Å². The molecule has 2 aromatic carbocycles. The average Bonchev–Trinajstić information content (AvgIpc) is 3.47. The van der Waals surface area contributed by atoms with Crippen LogP contribution in [0.4, 0.5) is 14.5 Å². The van der Waals surface area contributed by atoms with E-state index in [2.05, 4.69) is 36.7 Å². The molecule has 4 N–H and O–H groups in total. The van der Waals surface area contributed by atoms with E-state index < -0.39 is 29.5 Å². The molecule has 4 rings (SSSR count). The van der Waals surface area contributed by atoms with Gasteiger partial charge >= 0.3 is 0 Å². The molecule has 230 valence electrons. The molecular weight excluding hydrogens is 583 g/mol. The van der Waals surface area contributed by atoms with Crippen molar-refractivity contribution < 1.29 is 23.5 Å². The molecule has 0 unspecified atom stereocenters. The van der Waals surface area contributed by atoms with E-state index in [0.29, 0.717) is 35.7 Å². The number of nitrogens with one attached hydrogen (secondary N) is 3. The zero-order valence-electron chi connectivity index (χ0n) is 24.6. The van der Waals surface area contributed by atoms with Crippen LogP contribution in [-0.4, -0.2) is 41.7 Å². The number of amides is 2. The minimum atomic E-state index is -0.735. The van der Waals surface area contributed by atoms with Crippen molar-refractivity contribution in [3.63, 3.8) is 0 Å². The van der Waals surface area contributed by atoms with Crippen molar-refractivity contribution in [2.75, 3.05) is 11.9 Å². The molecular formula is C32H41Cl2F2N3O3. The highest BCUT2D eigenvalue weighted by molar-refractivity contribution is 6.31. The molecule has 1 saturated heterocycles. The molecule has 2 fully saturated rings. The predicted molar refractivity (Wildman–Crippen MR) is 163 cm³/mol. The Morgan fingerprint density at radius 1 is 1.05 bits per heavy atom. The Kier molecular flexibility index (Phi) is 10.6. The zero-order chi connectivity index (χ0) is 30.8. The first-order chi connectivity index (χ1) is 19.7. The van der Waals surface area contributed by atoms with Crippen molar-refractivity contribution in [2.45, 2.75) is 96.2 Å². The topological polar surface area (TPSA) is 90.5 Å². The first kappa shape index (κ1) is 32.6. The first-order valence-corrected chi connectivity index (χ1v) is 15.4. The fraction of sp³-hybridized carbons (Fsp3) is 0.562. The van der Waals surface area contributed by atoms with Crippen LogP contribution >= 0.6 is 23.2 Å². The van der Waals surface area contributed by atoms with E-state index in [0.717, 1.165) is 32.1 Å². The maximum absolute atomic E-state index is 15.0. The third-order valence-electron chi connectivity index (χ3n) is 8.38. The molecule has 0 bridgehead atoms.